The number of methoxy groups -OCH3 is 2. The van der Waals surface area contributed by atoms with E-state index in [1.807, 2.05) is 0 Å². The average molecular weight is 412 g/mol. The summed E-state index contributed by atoms with van der Waals surface area (Å²) in [5, 5.41) is 0. The van der Waals surface area contributed by atoms with Gasteiger partial charge in [0.1, 0.15) is 0 Å². The predicted octanol–water partition coefficient (Wildman–Crippen LogP) is 2.54. The van der Waals surface area contributed by atoms with Crippen LogP contribution in [0.2, 0.25) is 0 Å². The van der Waals surface area contributed by atoms with Gasteiger partial charge in [0, 0.05) is 12.1 Å². The summed E-state index contributed by atoms with van der Waals surface area (Å²) >= 11 is 1.62. The smallest absolute Gasteiger partial charge is 0.493 e. The third kappa shape index (κ3) is 3.55. The van der Waals surface area contributed by atoms with E-state index < -0.39 is 21.4 Å². The third-order valence-corrected chi connectivity index (χ3v) is 3.73. The minimum absolute atomic E-state index is 0.0512. The number of rotatable bonds is 4. The van der Waals surface area contributed by atoms with Crippen molar-refractivity contribution in [1.29, 1.82) is 0 Å². The zero-order chi connectivity index (χ0) is 14.8. The van der Waals surface area contributed by atoms with Crippen molar-refractivity contribution in [2.75, 3.05) is 14.2 Å². The Morgan fingerprint density at radius 3 is 1.95 bits per heavy atom. The fourth-order valence-corrected chi connectivity index (χ4v) is 2.23. The quantitative estimate of drug-likeness (QED) is 0.432. The molecule has 5 nitrogen and oxygen atoms in total. The first kappa shape index (κ1) is 16.1. The van der Waals surface area contributed by atoms with Gasteiger partial charge < -0.3 is 13.7 Å². The Balaban J connectivity index is 3.23. The number of hydrogen-bond donors (Lipinski definition) is 0. The summed E-state index contributed by atoms with van der Waals surface area (Å²) in [4.78, 5) is 0. The minimum atomic E-state index is -5.72. The van der Waals surface area contributed by atoms with Crippen molar-refractivity contribution in [3.63, 3.8) is 0 Å². The van der Waals surface area contributed by atoms with Crippen LogP contribution in [0.1, 0.15) is 0 Å². The lowest BCUT2D eigenvalue weighted by Crippen LogP contribution is -2.28. The Bertz CT molecular complexity index is 570. The van der Waals surface area contributed by atoms with E-state index in [2.05, 4.69) is 4.18 Å². The van der Waals surface area contributed by atoms with Crippen molar-refractivity contribution >= 4 is 32.7 Å². The van der Waals surface area contributed by atoms with Crippen LogP contribution in [0.5, 0.6) is 17.2 Å². The molecular weight excluding hydrogens is 404 g/mol. The van der Waals surface area contributed by atoms with Crippen molar-refractivity contribution in [2.24, 2.45) is 0 Å². The van der Waals surface area contributed by atoms with Gasteiger partial charge in [-0.25, -0.2) is 0 Å². The van der Waals surface area contributed by atoms with Crippen LogP contribution in [0, 0.1) is 3.57 Å². The fourth-order valence-electron chi connectivity index (χ4n) is 1.06. The summed E-state index contributed by atoms with van der Waals surface area (Å²) in [6, 6.07) is 2.30. The van der Waals surface area contributed by atoms with Gasteiger partial charge >= 0.3 is 15.6 Å². The van der Waals surface area contributed by atoms with Crippen molar-refractivity contribution < 1.29 is 35.2 Å². The van der Waals surface area contributed by atoms with Crippen molar-refractivity contribution in [2.45, 2.75) is 5.51 Å². The van der Waals surface area contributed by atoms with Gasteiger partial charge in [0.25, 0.3) is 0 Å². The average Bonchev–Trinajstić information content (AvgIpc) is 2.29. The number of hydrogen-bond acceptors (Lipinski definition) is 5. The Morgan fingerprint density at radius 2 is 1.53 bits per heavy atom. The molecule has 19 heavy (non-hydrogen) atoms. The molecule has 0 aromatic heterocycles. The molecule has 0 saturated carbocycles. The summed E-state index contributed by atoms with van der Waals surface area (Å²) in [5.74, 6) is -0.200. The molecule has 0 unspecified atom stereocenters. The maximum absolute atomic E-state index is 12.2. The first-order chi connectivity index (χ1) is 8.62. The standard InChI is InChI=1S/C9H8F3IO5S/c1-16-7-3-5(13)6(4-8(7)17-2)18-19(14,15)9(10,11)12/h3-4H,1-2H3. The molecule has 0 saturated heterocycles. The number of halogens is 4. The second-order valence-electron chi connectivity index (χ2n) is 3.12. The second kappa shape index (κ2) is 5.61. The molecule has 0 aliphatic carbocycles. The van der Waals surface area contributed by atoms with E-state index in [-0.39, 0.29) is 15.1 Å². The highest BCUT2D eigenvalue weighted by Crippen LogP contribution is 2.37. The molecular formula is C9H8F3IO5S. The van der Waals surface area contributed by atoms with Crippen LogP contribution in [-0.2, 0) is 10.1 Å². The van der Waals surface area contributed by atoms with Crippen LogP contribution in [0.15, 0.2) is 12.1 Å². The highest BCUT2D eigenvalue weighted by molar-refractivity contribution is 14.1. The fraction of sp³-hybridized carbons (Fsp3) is 0.333. The zero-order valence-electron chi connectivity index (χ0n) is 9.62. The molecule has 0 heterocycles. The van der Waals surface area contributed by atoms with Gasteiger partial charge in [0.05, 0.1) is 17.8 Å². The van der Waals surface area contributed by atoms with E-state index in [9.17, 15) is 21.6 Å². The Morgan fingerprint density at radius 1 is 1.05 bits per heavy atom. The second-order valence-corrected chi connectivity index (χ2v) is 5.82. The molecule has 0 radical (unpaired) electrons. The van der Waals surface area contributed by atoms with Gasteiger partial charge in [-0.1, -0.05) is 0 Å². The van der Waals surface area contributed by atoms with Gasteiger partial charge in [0.2, 0.25) is 0 Å². The maximum atomic E-state index is 12.2. The van der Waals surface area contributed by atoms with Gasteiger partial charge in [0.15, 0.2) is 17.2 Å². The van der Waals surface area contributed by atoms with Crippen LogP contribution >= 0.6 is 22.6 Å². The number of alkyl halides is 3. The van der Waals surface area contributed by atoms with Gasteiger partial charge in [-0.2, -0.15) is 21.6 Å². The molecule has 1 aromatic carbocycles. The van der Waals surface area contributed by atoms with Crippen molar-refractivity contribution in [3.05, 3.63) is 15.7 Å². The Labute approximate surface area is 120 Å². The number of benzene rings is 1. The molecule has 0 bridgehead atoms. The molecule has 0 fully saturated rings. The van der Waals surface area contributed by atoms with E-state index in [0.29, 0.717) is 0 Å². The van der Waals surface area contributed by atoms with E-state index in [0.717, 1.165) is 6.07 Å². The van der Waals surface area contributed by atoms with Crippen LogP contribution in [0.25, 0.3) is 0 Å². The Kier molecular flexibility index (Phi) is 4.76. The van der Waals surface area contributed by atoms with Crippen LogP contribution in [-0.4, -0.2) is 28.1 Å². The monoisotopic (exact) mass is 412 g/mol. The number of ether oxygens (including phenoxy) is 2. The molecule has 1 aromatic rings. The highest BCUT2D eigenvalue weighted by Gasteiger charge is 2.48. The summed E-state index contributed by atoms with van der Waals surface area (Å²) < 4.78 is 72.4. The predicted molar refractivity (Wildman–Crippen MR) is 67.9 cm³/mol. The van der Waals surface area contributed by atoms with E-state index in [1.165, 1.54) is 20.3 Å². The Hall–Kier alpha value is -0.910. The summed E-state index contributed by atoms with van der Waals surface area (Å²) in [6.07, 6.45) is 0. The van der Waals surface area contributed by atoms with Crippen LogP contribution in [0.3, 0.4) is 0 Å². The van der Waals surface area contributed by atoms with Gasteiger partial charge in [-0.05, 0) is 22.6 Å². The molecule has 1 rings (SSSR count). The maximum Gasteiger partial charge on any atom is 0.534 e. The lowest BCUT2D eigenvalue weighted by molar-refractivity contribution is -0.0500. The van der Waals surface area contributed by atoms with Crippen molar-refractivity contribution in [3.8, 4) is 17.2 Å². The van der Waals surface area contributed by atoms with Crippen LogP contribution < -0.4 is 13.7 Å². The van der Waals surface area contributed by atoms with Crippen LogP contribution in [0.4, 0.5) is 13.2 Å². The largest absolute Gasteiger partial charge is 0.534 e. The van der Waals surface area contributed by atoms with Gasteiger partial charge in [-0.3, -0.25) is 0 Å². The normalized spacial score (nSPS) is 12.1. The molecule has 0 N–H and O–H groups in total. The SMILES string of the molecule is COc1cc(I)c(OS(=O)(=O)C(F)(F)F)cc1OC. The first-order valence-electron chi connectivity index (χ1n) is 4.54. The summed E-state index contributed by atoms with van der Waals surface area (Å²) in [7, 11) is -3.13. The minimum Gasteiger partial charge on any atom is -0.493 e. The van der Waals surface area contributed by atoms with E-state index in [1.54, 1.807) is 22.6 Å². The molecule has 10 heteroatoms. The molecule has 0 aliphatic heterocycles. The van der Waals surface area contributed by atoms with Gasteiger partial charge in [-0.15, -0.1) is 0 Å². The molecule has 108 valence electrons. The molecule has 0 spiro atoms. The van der Waals surface area contributed by atoms with E-state index >= 15 is 0 Å². The lowest BCUT2D eigenvalue weighted by atomic mass is 10.3. The first-order valence-corrected chi connectivity index (χ1v) is 7.03. The lowest BCUT2D eigenvalue weighted by Gasteiger charge is -2.13. The van der Waals surface area contributed by atoms with E-state index in [4.69, 9.17) is 9.47 Å². The summed E-state index contributed by atoms with van der Waals surface area (Å²) in [6.45, 7) is 0. The molecule has 0 aliphatic rings. The van der Waals surface area contributed by atoms with Crippen molar-refractivity contribution in [1.82, 2.24) is 0 Å². The summed E-state index contributed by atoms with van der Waals surface area (Å²) in [5.41, 5.74) is -5.50. The third-order valence-electron chi connectivity index (χ3n) is 1.92. The topological polar surface area (TPSA) is 61.8 Å². The zero-order valence-corrected chi connectivity index (χ0v) is 12.6. The molecule has 0 atom stereocenters. The highest BCUT2D eigenvalue weighted by atomic mass is 127. The molecule has 0 amide bonds.